The van der Waals surface area contributed by atoms with Crippen LogP contribution in [0.15, 0.2) is 51.1 Å². The van der Waals surface area contributed by atoms with E-state index in [0.717, 1.165) is 8.95 Å². The van der Waals surface area contributed by atoms with Crippen molar-refractivity contribution in [1.29, 1.82) is 0 Å². The molecule has 0 saturated heterocycles. The fourth-order valence-corrected chi connectivity index (χ4v) is 4.55. The third-order valence-electron chi connectivity index (χ3n) is 2.65. The summed E-state index contributed by atoms with van der Waals surface area (Å²) < 4.78 is 8.88. The van der Waals surface area contributed by atoms with Crippen LogP contribution < -0.4 is 0 Å². The van der Waals surface area contributed by atoms with Crippen LogP contribution in [0.1, 0.15) is 20.7 Å². The number of hydrogen-bond donors (Lipinski definition) is 0. The van der Waals surface area contributed by atoms with Crippen molar-refractivity contribution in [2.75, 3.05) is 0 Å². The van der Waals surface area contributed by atoms with E-state index in [0.29, 0.717) is 17.9 Å². The van der Waals surface area contributed by atoms with E-state index in [1.807, 2.05) is 0 Å². The summed E-state index contributed by atoms with van der Waals surface area (Å²) in [5.74, 6) is -1.50. The molecule has 9 heteroatoms. The van der Waals surface area contributed by atoms with Gasteiger partial charge < -0.3 is 4.74 Å². The van der Waals surface area contributed by atoms with E-state index >= 15 is 0 Å². The Morgan fingerprint density at radius 3 is 1.22 bits per heavy atom. The molecule has 2 aromatic rings. The summed E-state index contributed by atoms with van der Waals surface area (Å²) >= 11 is 19.8. The van der Waals surface area contributed by atoms with Crippen molar-refractivity contribution in [1.82, 2.24) is 0 Å². The summed E-state index contributed by atoms with van der Waals surface area (Å²) in [7, 11) is 0. The Morgan fingerprint density at radius 2 is 0.870 bits per heavy atom. The van der Waals surface area contributed by atoms with E-state index < -0.39 is 11.9 Å². The van der Waals surface area contributed by atoms with Crippen molar-refractivity contribution in [3.05, 3.63) is 62.2 Å². The van der Waals surface area contributed by atoms with Crippen LogP contribution in [0.5, 0.6) is 0 Å². The highest BCUT2D eigenvalue weighted by Gasteiger charge is 2.21. The summed E-state index contributed by atoms with van der Waals surface area (Å²) in [5.41, 5.74) is 0.474. The lowest BCUT2D eigenvalue weighted by atomic mass is 10.2. The molecule has 0 saturated carbocycles. The average Bonchev–Trinajstić information content (AvgIpc) is 2.46. The number of benzene rings is 2. The van der Waals surface area contributed by atoms with Gasteiger partial charge in [0.25, 0.3) is 0 Å². The largest absolute Gasteiger partial charge is 0.386 e. The highest BCUT2D eigenvalue weighted by Crippen LogP contribution is 2.32. The van der Waals surface area contributed by atoms with Crippen molar-refractivity contribution >= 4 is 108 Å². The molecule has 0 aliphatic heterocycles. The molecule has 0 atom stereocenters. The van der Waals surface area contributed by atoms with Crippen molar-refractivity contribution in [2.24, 2.45) is 0 Å². The van der Waals surface area contributed by atoms with Gasteiger partial charge in [-0.3, -0.25) is 0 Å². The monoisotopic (exact) mass is 694 g/mol. The maximum atomic E-state index is 12.2. The molecule has 0 bridgehead atoms. The zero-order chi connectivity index (χ0) is 17.3. The lowest BCUT2D eigenvalue weighted by Crippen LogP contribution is -2.14. The predicted octanol–water partition coefficient (Wildman–Crippen LogP) is 7.26. The van der Waals surface area contributed by atoms with Gasteiger partial charge in [-0.2, -0.15) is 0 Å². The third-order valence-corrected chi connectivity index (χ3v) is 7.65. The molecule has 0 amide bonds. The number of hydrogen-bond acceptors (Lipinski definition) is 3. The Bertz CT molecular complexity index is 751. The maximum absolute atomic E-state index is 12.2. The van der Waals surface area contributed by atoms with Gasteiger partial charge >= 0.3 is 11.9 Å². The van der Waals surface area contributed by atoms with Gasteiger partial charge in [0.1, 0.15) is 0 Å². The molecule has 3 nitrogen and oxygen atoms in total. The number of rotatable bonds is 2. The Kier molecular flexibility index (Phi) is 7.07. The molecule has 120 valence electrons. The molecule has 0 fully saturated rings. The molecule has 0 aromatic heterocycles. The molecule has 2 rings (SSSR count). The first-order valence-corrected chi connectivity index (χ1v) is 10.5. The topological polar surface area (TPSA) is 43.4 Å². The first-order chi connectivity index (χ1) is 10.7. The van der Waals surface area contributed by atoms with Crippen LogP contribution in [-0.4, -0.2) is 11.9 Å². The third kappa shape index (κ3) is 4.76. The molecular formula is C14H4Br6O3. The first kappa shape index (κ1) is 19.8. The number of carbonyl (C=O) groups is 2. The molecule has 23 heavy (non-hydrogen) atoms. The van der Waals surface area contributed by atoms with Gasteiger partial charge in [0.15, 0.2) is 0 Å². The standard InChI is InChI=1S/C14H4Br6O3/c15-7-3-11(19)9(17)1-5(7)13(21)23-14(22)6-2-10(18)12(20)4-8(6)16/h1-4H. The van der Waals surface area contributed by atoms with E-state index in [1.54, 1.807) is 24.3 Å². The molecule has 2 aromatic carbocycles. The lowest BCUT2D eigenvalue weighted by molar-refractivity contribution is 0.0396. The quantitative estimate of drug-likeness (QED) is 0.189. The van der Waals surface area contributed by atoms with E-state index in [4.69, 9.17) is 4.74 Å². The zero-order valence-corrected chi connectivity index (χ0v) is 20.3. The molecule has 0 unspecified atom stereocenters. The van der Waals surface area contributed by atoms with Crippen molar-refractivity contribution in [3.8, 4) is 0 Å². The first-order valence-electron chi connectivity index (χ1n) is 5.76. The van der Waals surface area contributed by atoms with Crippen LogP contribution >= 0.6 is 95.6 Å². The summed E-state index contributed by atoms with van der Waals surface area (Å²) in [6.45, 7) is 0. The summed E-state index contributed by atoms with van der Waals surface area (Å²) in [4.78, 5) is 24.5. The summed E-state index contributed by atoms with van der Waals surface area (Å²) in [6, 6.07) is 6.52. The Hall–Kier alpha value is 0.460. The van der Waals surface area contributed by atoms with Gasteiger partial charge in [-0.25, -0.2) is 9.59 Å². The molecule has 0 N–H and O–H groups in total. The Balaban J connectivity index is 2.29. The van der Waals surface area contributed by atoms with Crippen molar-refractivity contribution in [3.63, 3.8) is 0 Å². The molecule has 0 heterocycles. The van der Waals surface area contributed by atoms with Gasteiger partial charge in [0, 0.05) is 26.8 Å². The minimum atomic E-state index is -0.749. The smallest absolute Gasteiger partial charge is 0.347 e. The summed E-state index contributed by atoms with van der Waals surface area (Å²) in [6.07, 6.45) is 0. The van der Waals surface area contributed by atoms with Gasteiger partial charge in [-0.05, 0) is 120 Å². The van der Waals surface area contributed by atoms with Crippen LogP contribution in [0, 0.1) is 0 Å². The fraction of sp³-hybridized carbons (Fsp3) is 0. The minimum absolute atomic E-state index is 0.237. The highest BCUT2D eigenvalue weighted by molar-refractivity contribution is 9.13. The Morgan fingerprint density at radius 1 is 0.565 bits per heavy atom. The van der Waals surface area contributed by atoms with Gasteiger partial charge in [-0.15, -0.1) is 0 Å². The van der Waals surface area contributed by atoms with Crippen LogP contribution in [0.2, 0.25) is 0 Å². The number of ether oxygens (including phenoxy) is 1. The van der Waals surface area contributed by atoms with E-state index in [2.05, 4.69) is 95.6 Å². The molecular weight excluding hydrogens is 696 g/mol. The predicted molar refractivity (Wildman–Crippen MR) is 109 cm³/mol. The SMILES string of the molecule is O=C(OC(=O)c1cc(Br)c(Br)cc1Br)c1cc(Br)c(Br)cc1Br. The number of carbonyl (C=O) groups excluding carboxylic acids is 2. The Labute approximate surface area is 182 Å². The van der Waals surface area contributed by atoms with Crippen LogP contribution in [0.3, 0.4) is 0 Å². The molecule has 0 aliphatic carbocycles. The average molecular weight is 700 g/mol. The molecule has 0 spiro atoms. The van der Waals surface area contributed by atoms with Gasteiger partial charge in [0.2, 0.25) is 0 Å². The lowest BCUT2D eigenvalue weighted by Gasteiger charge is -2.09. The van der Waals surface area contributed by atoms with Gasteiger partial charge in [-0.1, -0.05) is 0 Å². The highest BCUT2D eigenvalue weighted by atomic mass is 79.9. The fourth-order valence-electron chi connectivity index (χ4n) is 1.55. The van der Waals surface area contributed by atoms with E-state index in [1.165, 1.54) is 0 Å². The second-order valence-corrected chi connectivity index (χ2v) is 9.30. The second-order valence-electron chi connectivity index (χ2n) is 4.17. The minimum Gasteiger partial charge on any atom is -0.386 e. The van der Waals surface area contributed by atoms with Crippen molar-refractivity contribution < 1.29 is 14.3 Å². The van der Waals surface area contributed by atoms with Crippen molar-refractivity contribution in [2.45, 2.75) is 0 Å². The maximum Gasteiger partial charge on any atom is 0.347 e. The second kappa shape index (κ2) is 8.23. The normalized spacial score (nSPS) is 10.5. The number of halogens is 6. The van der Waals surface area contributed by atoms with E-state index in [-0.39, 0.29) is 11.1 Å². The summed E-state index contributed by atoms with van der Waals surface area (Å²) in [5, 5.41) is 0. The van der Waals surface area contributed by atoms with E-state index in [9.17, 15) is 9.59 Å². The van der Waals surface area contributed by atoms with Crippen LogP contribution in [0.4, 0.5) is 0 Å². The van der Waals surface area contributed by atoms with Crippen LogP contribution in [0.25, 0.3) is 0 Å². The number of esters is 2. The molecule has 0 aliphatic rings. The molecule has 0 radical (unpaired) electrons. The zero-order valence-electron chi connectivity index (χ0n) is 10.8. The van der Waals surface area contributed by atoms with Crippen LogP contribution in [-0.2, 0) is 4.74 Å². The van der Waals surface area contributed by atoms with Gasteiger partial charge in [0.05, 0.1) is 11.1 Å².